The topological polar surface area (TPSA) is 85.5 Å². The summed E-state index contributed by atoms with van der Waals surface area (Å²) in [6.45, 7) is 3.47. The first-order valence-electron chi connectivity index (χ1n) is 11.5. The standard InChI is InChI=1S/C25H26N4O3/c30-23-19(10-17-8-16(12-26-17)13-28-6-2-1-3-7-28)18-9-15(4-5-22(18)27-23)14-29-24(31)20-11-21(20)25(29)32/h4-5,8-10,12,20-21,26H,1-3,6-7,11,13-14H2,(H,27,30)/t20-,21+. The van der Waals surface area contributed by atoms with Gasteiger partial charge in [-0.05, 0) is 67.8 Å². The molecule has 3 aliphatic heterocycles. The van der Waals surface area contributed by atoms with Crippen molar-refractivity contribution in [3.8, 4) is 0 Å². The highest BCUT2D eigenvalue weighted by Gasteiger charge is 2.58. The maximum absolute atomic E-state index is 12.6. The summed E-state index contributed by atoms with van der Waals surface area (Å²) in [5.41, 5.74) is 5.12. The van der Waals surface area contributed by atoms with Crippen LogP contribution in [0.15, 0.2) is 30.5 Å². The molecule has 7 heteroatoms. The molecule has 0 unspecified atom stereocenters. The van der Waals surface area contributed by atoms with Gasteiger partial charge in [0.15, 0.2) is 0 Å². The number of hydrogen-bond donors (Lipinski definition) is 2. The van der Waals surface area contributed by atoms with Gasteiger partial charge < -0.3 is 10.3 Å². The van der Waals surface area contributed by atoms with Crippen molar-refractivity contribution in [2.45, 2.75) is 38.8 Å². The molecule has 0 spiro atoms. The Hall–Kier alpha value is -3.19. The average molecular weight is 431 g/mol. The highest BCUT2D eigenvalue weighted by atomic mass is 16.2. The molecule has 2 aromatic rings. The van der Waals surface area contributed by atoms with Gasteiger partial charge in [0, 0.05) is 29.7 Å². The van der Waals surface area contributed by atoms with Crippen LogP contribution in [0.2, 0.25) is 0 Å². The number of likely N-dealkylation sites (tertiary alicyclic amines) is 2. The molecule has 2 N–H and O–H groups in total. The van der Waals surface area contributed by atoms with Crippen molar-refractivity contribution >= 4 is 35.1 Å². The number of H-pyrrole nitrogens is 1. The zero-order valence-electron chi connectivity index (χ0n) is 17.9. The molecule has 4 aliphatic rings. The van der Waals surface area contributed by atoms with Gasteiger partial charge in [-0.25, -0.2) is 0 Å². The van der Waals surface area contributed by atoms with Crippen LogP contribution in [0.25, 0.3) is 11.6 Å². The summed E-state index contributed by atoms with van der Waals surface area (Å²) in [6.07, 6.45) is 8.44. The molecule has 3 fully saturated rings. The van der Waals surface area contributed by atoms with Crippen molar-refractivity contribution in [3.63, 3.8) is 0 Å². The predicted molar refractivity (Wildman–Crippen MR) is 120 cm³/mol. The number of nitrogens with one attached hydrogen (secondary N) is 2. The molecule has 32 heavy (non-hydrogen) atoms. The van der Waals surface area contributed by atoms with Gasteiger partial charge in [0.2, 0.25) is 11.8 Å². The number of aromatic amines is 1. The molecule has 6 rings (SSSR count). The Bertz CT molecular complexity index is 1140. The first-order chi connectivity index (χ1) is 15.6. The van der Waals surface area contributed by atoms with E-state index in [1.165, 1.54) is 29.7 Å². The van der Waals surface area contributed by atoms with Gasteiger partial charge >= 0.3 is 0 Å². The largest absolute Gasteiger partial charge is 0.361 e. The fourth-order valence-corrected chi connectivity index (χ4v) is 5.23. The summed E-state index contributed by atoms with van der Waals surface area (Å²) in [7, 11) is 0. The van der Waals surface area contributed by atoms with Crippen LogP contribution in [0, 0.1) is 11.8 Å². The van der Waals surface area contributed by atoms with Crippen molar-refractivity contribution in [2.75, 3.05) is 18.4 Å². The molecule has 7 nitrogen and oxygen atoms in total. The van der Waals surface area contributed by atoms with E-state index in [2.05, 4.69) is 21.3 Å². The molecule has 0 radical (unpaired) electrons. The van der Waals surface area contributed by atoms with Gasteiger partial charge in [-0.2, -0.15) is 0 Å². The van der Waals surface area contributed by atoms with Crippen LogP contribution < -0.4 is 5.32 Å². The zero-order valence-corrected chi connectivity index (χ0v) is 17.9. The average Bonchev–Trinajstić information content (AvgIpc) is 3.31. The highest BCUT2D eigenvalue weighted by Crippen LogP contribution is 2.47. The van der Waals surface area contributed by atoms with Crippen molar-refractivity contribution < 1.29 is 14.4 Å². The second-order valence-corrected chi connectivity index (χ2v) is 9.40. The Morgan fingerprint density at radius 3 is 2.50 bits per heavy atom. The number of benzene rings is 1. The molecule has 3 amide bonds. The molecule has 2 saturated heterocycles. The minimum Gasteiger partial charge on any atom is -0.361 e. The van der Waals surface area contributed by atoms with E-state index in [4.69, 9.17) is 0 Å². The van der Waals surface area contributed by atoms with E-state index in [-0.39, 0.29) is 36.1 Å². The minimum atomic E-state index is -0.140. The summed E-state index contributed by atoms with van der Waals surface area (Å²) in [5.74, 6) is -0.444. The fourth-order valence-electron chi connectivity index (χ4n) is 5.23. The molecular weight excluding hydrogens is 404 g/mol. The van der Waals surface area contributed by atoms with Crippen LogP contribution in [-0.2, 0) is 27.5 Å². The van der Waals surface area contributed by atoms with Crippen LogP contribution in [0.1, 0.15) is 48.1 Å². The van der Waals surface area contributed by atoms with E-state index in [9.17, 15) is 14.4 Å². The van der Waals surface area contributed by atoms with E-state index in [1.807, 2.05) is 30.5 Å². The molecule has 1 saturated carbocycles. The number of hydrogen-bond acceptors (Lipinski definition) is 4. The number of fused-ring (bicyclic) bond motifs is 2. The lowest BCUT2D eigenvalue weighted by atomic mass is 10.0. The molecule has 1 aromatic heterocycles. The maximum atomic E-state index is 12.6. The third-order valence-electron chi connectivity index (χ3n) is 7.08. The predicted octanol–water partition coefficient (Wildman–Crippen LogP) is 3.00. The SMILES string of the molecule is O=C1Nc2ccc(CN3C(=O)[C@H]4C[C@H]4C3=O)cc2C1=Cc1cc(CN2CCCCC2)c[nH]1. The lowest BCUT2D eigenvalue weighted by molar-refractivity contribution is -0.142. The second kappa shape index (κ2) is 7.45. The Balaban J connectivity index is 1.22. The van der Waals surface area contributed by atoms with Gasteiger partial charge in [0.1, 0.15) is 0 Å². The monoisotopic (exact) mass is 430 g/mol. The molecular formula is C25H26N4O3. The van der Waals surface area contributed by atoms with Crippen LogP contribution in [0.3, 0.4) is 0 Å². The molecule has 164 valence electrons. The number of nitrogens with zero attached hydrogens (tertiary/aromatic N) is 2. The Morgan fingerprint density at radius 2 is 1.72 bits per heavy atom. The van der Waals surface area contributed by atoms with Crippen molar-refractivity contribution in [2.24, 2.45) is 11.8 Å². The number of piperidine rings is 2. The summed E-state index contributed by atoms with van der Waals surface area (Å²) < 4.78 is 0. The van der Waals surface area contributed by atoms with Crippen LogP contribution in [0.4, 0.5) is 5.69 Å². The fraction of sp³-hybridized carbons (Fsp3) is 0.400. The summed E-state index contributed by atoms with van der Waals surface area (Å²) in [6, 6.07) is 7.75. The van der Waals surface area contributed by atoms with Gasteiger partial charge in [-0.15, -0.1) is 0 Å². The van der Waals surface area contributed by atoms with Crippen LogP contribution in [0.5, 0.6) is 0 Å². The normalized spacial score (nSPS) is 25.9. The van der Waals surface area contributed by atoms with Crippen LogP contribution >= 0.6 is 0 Å². The van der Waals surface area contributed by atoms with E-state index in [1.54, 1.807) is 0 Å². The molecule has 1 aliphatic carbocycles. The van der Waals surface area contributed by atoms with Gasteiger partial charge in [-0.1, -0.05) is 12.5 Å². The Morgan fingerprint density at radius 1 is 0.938 bits per heavy atom. The number of carbonyl (C=O) groups excluding carboxylic acids is 3. The Kier molecular flexibility index (Phi) is 4.54. The molecule has 0 bridgehead atoms. The quantitative estimate of drug-likeness (QED) is 0.564. The van der Waals surface area contributed by atoms with Crippen molar-refractivity contribution in [1.29, 1.82) is 0 Å². The van der Waals surface area contributed by atoms with E-state index in [0.29, 0.717) is 12.0 Å². The second-order valence-electron chi connectivity index (χ2n) is 9.40. The lowest BCUT2D eigenvalue weighted by Gasteiger charge is -2.25. The molecule has 1 aromatic carbocycles. The van der Waals surface area contributed by atoms with E-state index >= 15 is 0 Å². The number of anilines is 1. The third-order valence-corrected chi connectivity index (χ3v) is 7.08. The maximum Gasteiger partial charge on any atom is 0.256 e. The first-order valence-corrected chi connectivity index (χ1v) is 11.5. The summed E-state index contributed by atoms with van der Waals surface area (Å²) in [5, 5.41) is 2.92. The van der Waals surface area contributed by atoms with Gasteiger partial charge in [-0.3, -0.25) is 24.2 Å². The number of aromatic nitrogens is 1. The zero-order chi connectivity index (χ0) is 21.8. The molecule has 2 atom stereocenters. The number of imide groups is 1. The summed E-state index contributed by atoms with van der Waals surface area (Å²) >= 11 is 0. The highest BCUT2D eigenvalue weighted by molar-refractivity contribution is 6.34. The Labute approximate surface area is 186 Å². The smallest absolute Gasteiger partial charge is 0.256 e. The van der Waals surface area contributed by atoms with Crippen molar-refractivity contribution in [1.82, 2.24) is 14.8 Å². The minimum absolute atomic E-state index is 0.0573. The summed E-state index contributed by atoms with van der Waals surface area (Å²) in [4.78, 5) is 44.4. The van der Waals surface area contributed by atoms with E-state index < -0.39 is 0 Å². The molecule has 4 heterocycles. The number of amides is 3. The third kappa shape index (κ3) is 3.37. The lowest BCUT2D eigenvalue weighted by Crippen LogP contribution is -2.32. The van der Waals surface area contributed by atoms with Gasteiger partial charge in [0.25, 0.3) is 5.91 Å². The van der Waals surface area contributed by atoms with E-state index in [0.717, 1.165) is 42.1 Å². The van der Waals surface area contributed by atoms with Gasteiger partial charge in [0.05, 0.1) is 24.0 Å². The number of rotatable bonds is 5. The first kappa shape index (κ1) is 19.5. The number of carbonyl (C=O) groups is 3. The van der Waals surface area contributed by atoms with Crippen LogP contribution in [-0.4, -0.2) is 45.6 Å². The van der Waals surface area contributed by atoms with Crippen molar-refractivity contribution in [3.05, 3.63) is 52.8 Å².